The van der Waals surface area contributed by atoms with E-state index in [1.165, 1.54) is 13.8 Å². The molecule has 0 spiro atoms. The van der Waals surface area contributed by atoms with Crippen molar-refractivity contribution in [3.8, 4) is 0 Å². The molecule has 1 unspecified atom stereocenters. The van der Waals surface area contributed by atoms with Gasteiger partial charge in [0.2, 0.25) is 11.7 Å². The predicted molar refractivity (Wildman–Crippen MR) is 90.8 cm³/mol. The summed E-state index contributed by atoms with van der Waals surface area (Å²) in [6, 6.07) is -1.41. The Labute approximate surface area is 153 Å². The third-order valence-electron chi connectivity index (χ3n) is 4.51. The number of allylic oxidation sites excluding steroid dienone is 1. The lowest BCUT2D eigenvalue weighted by Crippen LogP contribution is -2.45. The van der Waals surface area contributed by atoms with Gasteiger partial charge in [-0.25, -0.2) is 8.78 Å². The molecule has 2 aliphatic rings. The first-order valence-corrected chi connectivity index (χ1v) is 8.43. The third kappa shape index (κ3) is 4.45. The van der Waals surface area contributed by atoms with Gasteiger partial charge in [0.05, 0.1) is 12.3 Å². The number of amidine groups is 1. The summed E-state index contributed by atoms with van der Waals surface area (Å²) in [5.41, 5.74) is -1.59. The topological polar surface area (TPSA) is 68.9 Å². The normalized spacial score (nSPS) is 34.2. The van der Waals surface area contributed by atoms with Crippen molar-refractivity contribution in [3.05, 3.63) is 12.4 Å². The SMILES string of the molecule is C=C(F)C=N[C@@]1(C)C(NC(=O)[C@@H]2C[C@@H](F)[C@H](C)N2)N1C(=NCC)C(F)(F)F. The van der Waals surface area contributed by atoms with E-state index < -0.39 is 53.8 Å². The van der Waals surface area contributed by atoms with Gasteiger partial charge >= 0.3 is 6.18 Å². The Morgan fingerprint density at radius 3 is 2.56 bits per heavy atom. The van der Waals surface area contributed by atoms with Crippen molar-refractivity contribution in [2.45, 2.75) is 63.5 Å². The largest absolute Gasteiger partial charge is 0.449 e. The molecule has 0 bridgehead atoms. The van der Waals surface area contributed by atoms with Crippen LogP contribution in [-0.4, -0.2) is 65.7 Å². The van der Waals surface area contributed by atoms with E-state index in [2.05, 4.69) is 27.2 Å². The molecule has 2 N–H and O–H groups in total. The number of nitrogens with zero attached hydrogens (tertiary/aromatic N) is 3. The maximum absolute atomic E-state index is 13.6. The van der Waals surface area contributed by atoms with E-state index in [9.17, 15) is 26.7 Å². The van der Waals surface area contributed by atoms with Crippen LogP contribution >= 0.6 is 0 Å². The summed E-state index contributed by atoms with van der Waals surface area (Å²) >= 11 is 0. The van der Waals surface area contributed by atoms with E-state index in [-0.39, 0.29) is 13.0 Å². The zero-order valence-electron chi connectivity index (χ0n) is 15.1. The van der Waals surface area contributed by atoms with Crippen molar-refractivity contribution in [1.82, 2.24) is 15.5 Å². The molecule has 2 rings (SSSR count). The molecule has 0 radical (unpaired) electrons. The Hall–Kier alpha value is -2.04. The van der Waals surface area contributed by atoms with Crippen LogP contribution in [0.25, 0.3) is 0 Å². The zero-order valence-corrected chi connectivity index (χ0v) is 15.1. The van der Waals surface area contributed by atoms with Gasteiger partial charge in [0, 0.05) is 19.0 Å². The minimum absolute atomic E-state index is 0.0871. The highest BCUT2D eigenvalue weighted by atomic mass is 19.4. The molecule has 0 aromatic heterocycles. The fourth-order valence-corrected chi connectivity index (χ4v) is 3.04. The van der Waals surface area contributed by atoms with Gasteiger partial charge in [-0.2, -0.15) is 13.2 Å². The minimum Gasteiger partial charge on any atom is -0.331 e. The molecule has 0 aromatic rings. The van der Waals surface area contributed by atoms with Gasteiger partial charge in [-0.1, -0.05) is 6.58 Å². The summed E-state index contributed by atoms with van der Waals surface area (Å²) in [6.45, 7) is 7.13. The lowest BCUT2D eigenvalue weighted by Gasteiger charge is -2.15. The van der Waals surface area contributed by atoms with Crippen LogP contribution in [0, 0.1) is 0 Å². The number of alkyl halides is 4. The molecule has 11 heteroatoms. The highest BCUT2D eigenvalue weighted by molar-refractivity contribution is 5.93. The summed E-state index contributed by atoms with van der Waals surface area (Å²) in [5, 5.41) is 5.17. The van der Waals surface area contributed by atoms with E-state index in [0.717, 1.165) is 4.90 Å². The van der Waals surface area contributed by atoms with E-state index in [4.69, 9.17) is 0 Å². The molecule has 2 saturated heterocycles. The maximum Gasteiger partial charge on any atom is 0.449 e. The lowest BCUT2D eigenvalue weighted by atomic mass is 10.1. The van der Waals surface area contributed by atoms with Crippen molar-refractivity contribution >= 4 is 18.0 Å². The van der Waals surface area contributed by atoms with Crippen LogP contribution < -0.4 is 10.6 Å². The Morgan fingerprint density at radius 1 is 1.48 bits per heavy atom. The van der Waals surface area contributed by atoms with Gasteiger partial charge in [0.15, 0.2) is 5.66 Å². The summed E-state index contributed by atoms with van der Waals surface area (Å²) in [5.74, 6) is -2.83. The van der Waals surface area contributed by atoms with Crippen LogP contribution in [0.3, 0.4) is 0 Å². The van der Waals surface area contributed by atoms with Gasteiger partial charge in [-0.15, -0.1) is 0 Å². The predicted octanol–water partition coefficient (Wildman–Crippen LogP) is 2.08. The second kappa shape index (κ2) is 7.53. The molecule has 5 atom stereocenters. The quantitative estimate of drug-likeness (QED) is 0.324. The van der Waals surface area contributed by atoms with Crippen molar-refractivity contribution in [2.24, 2.45) is 9.98 Å². The Morgan fingerprint density at radius 2 is 2.11 bits per heavy atom. The van der Waals surface area contributed by atoms with E-state index in [0.29, 0.717) is 6.21 Å². The van der Waals surface area contributed by atoms with Crippen LogP contribution in [0.15, 0.2) is 22.4 Å². The molecule has 6 nitrogen and oxygen atoms in total. The fourth-order valence-electron chi connectivity index (χ4n) is 3.04. The van der Waals surface area contributed by atoms with Crippen LogP contribution in [-0.2, 0) is 4.79 Å². The average molecular weight is 395 g/mol. The second-order valence-corrected chi connectivity index (χ2v) is 6.64. The van der Waals surface area contributed by atoms with Crippen molar-refractivity contribution in [1.29, 1.82) is 0 Å². The average Bonchev–Trinajstić information content (AvgIpc) is 2.94. The first-order chi connectivity index (χ1) is 12.4. The van der Waals surface area contributed by atoms with Gasteiger partial charge in [-0.05, 0) is 20.8 Å². The lowest BCUT2D eigenvalue weighted by molar-refractivity contribution is -0.123. The summed E-state index contributed by atoms with van der Waals surface area (Å²) in [4.78, 5) is 20.4. The molecule has 0 aliphatic carbocycles. The van der Waals surface area contributed by atoms with Crippen LogP contribution in [0.4, 0.5) is 22.0 Å². The molecule has 27 heavy (non-hydrogen) atoms. The molecule has 2 heterocycles. The Bertz CT molecular complexity index is 654. The maximum atomic E-state index is 13.6. The molecule has 152 valence electrons. The summed E-state index contributed by atoms with van der Waals surface area (Å²) in [6.07, 6.45) is -6.63. The summed E-state index contributed by atoms with van der Waals surface area (Å²) < 4.78 is 66.6. The third-order valence-corrected chi connectivity index (χ3v) is 4.51. The number of aliphatic imine (C=N–C) groups is 2. The number of amides is 1. The number of nitrogens with one attached hydrogen (secondary N) is 2. The smallest absolute Gasteiger partial charge is 0.331 e. The van der Waals surface area contributed by atoms with Gasteiger partial charge in [0.1, 0.15) is 18.2 Å². The van der Waals surface area contributed by atoms with Crippen molar-refractivity contribution < 1.29 is 26.7 Å². The molecule has 2 aliphatic heterocycles. The number of rotatable bonds is 5. The van der Waals surface area contributed by atoms with E-state index >= 15 is 0 Å². The second-order valence-electron chi connectivity index (χ2n) is 6.64. The van der Waals surface area contributed by atoms with Gasteiger partial charge in [0.25, 0.3) is 0 Å². The van der Waals surface area contributed by atoms with Crippen molar-refractivity contribution in [3.63, 3.8) is 0 Å². The fraction of sp³-hybridized carbons (Fsp3) is 0.688. The van der Waals surface area contributed by atoms with Crippen molar-refractivity contribution in [2.75, 3.05) is 6.54 Å². The standard InChI is InChI=1S/C16H22F5N5O/c1-5-22-14(16(19,20)21)26-13(15(26,4)23-7-8(2)17)25-12(27)11-6-10(18)9(3)24-11/h7,9-11,13,24H,2,5-6H2,1,3-4H3,(H,25,27)/t9-,10+,11-,13?,15+,26?/m0/s1. The molecule has 2 fully saturated rings. The van der Waals surface area contributed by atoms with Crippen LogP contribution in [0.1, 0.15) is 27.2 Å². The molecular weight excluding hydrogens is 373 g/mol. The Balaban J connectivity index is 2.24. The van der Waals surface area contributed by atoms with Crippen LogP contribution in [0.5, 0.6) is 0 Å². The zero-order chi connectivity index (χ0) is 20.6. The highest BCUT2D eigenvalue weighted by Gasteiger charge is 2.66. The molecule has 0 aromatic carbocycles. The van der Waals surface area contributed by atoms with Crippen LogP contribution in [0.2, 0.25) is 0 Å². The molecular formula is C16H22F5N5O. The van der Waals surface area contributed by atoms with Gasteiger partial charge < -0.3 is 15.5 Å². The number of carbonyl (C=O) groups excluding carboxylic acids is 1. The van der Waals surface area contributed by atoms with Gasteiger partial charge in [-0.3, -0.25) is 14.8 Å². The number of hydrogen-bond acceptors (Lipinski definition) is 4. The monoisotopic (exact) mass is 395 g/mol. The summed E-state index contributed by atoms with van der Waals surface area (Å²) in [7, 11) is 0. The minimum atomic E-state index is -4.79. The first-order valence-electron chi connectivity index (χ1n) is 8.43. The van der Waals surface area contributed by atoms with E-state index in [1.807, 2.05) is 0 Å². The number of carbonyl (C=O) groups is 1. The first kappa shape index (κ1) is 21.3. The number of hydrogen-bond donors (Lipinski definition) is 2. The molecule has 0 saturated carbocycles. The van der Waals surface area contributed by atoms with E-state index in [1.54, 1.807) is 6.92 Å². The number of halogens is 5. The highest BCUT2D eigenvalue weighted by Crippen LogP contribution is 2.44. The Kier molecular flexibility index (Phi) is 5.93. The molecule has 1 amide bonds.